The number of hydrogen-bond donors (Lipinski definition) is 6. The van der Waals surface area contributed by atoms with Crippen molar-refractivity contribution in [1.29, 1.82) is 0 Å². The van der Waals surface area contributed by atoms with Crippen LogP contribution in [0.3, 0.4) is 0 Å². The van der Waals surface area contributed by atoms with Gasteiger partial charge >= 0.3 is 5.97 Å². The number of aliphatic hydroxyl groups is 5. The summed E-state index contributed by atoms with van der Waals surface area (Å²) in [4.78, 5) is 32.2. The number of carbonyl (C=O) groups is 1. The summed E-state index contributed by atoms with van der Waals surface area (Å²) in [5, 5.41) is 59.5. The van der Waals surface area contributed by atoms with Crippen LogP contribution in [0.25, 0.3) is 22.6 Å². The molecule has 43 heavy (non-hydrogen) atoms. The Morgan fingerprint density at radius 2 is 1.86 bits per heavy atom. The van der Waals surface area contributed by atoms with Crippen molar-refractivity contribution in [3.05, 3.63) is 48.8 Å². The average Bonchev–Trinajstić information content (AvgIpc) is 3.64. The van der Waals surface area contributed by atoms with Gasteiger partial charge in [-0.15, -0.1) is 0 Å². The van der Waals surface area contributed by atoms with E-state index in [0.29, 0.717) is 37.2 Å². The number of carbonyl (C=O) groups excluding carboxylic acids is 1. The quantitative estimate of drug-likeness (QED) is 0.126. The molecule has 0 spiro atoms. The Morgan fingerprint density at radius 3 is 2.44 bits per heavy atom. The van der Waals surface area contributed by atoms with E-state index in [1.807, 2.05) is 13.2 Å². The van der Waals surface area contributed by atoms with Gasteiger partial charge in [0.25, 0.3) is 12.3 Å². The van der Waals surface area contributed by atoms with E-state index in [1.165, 1.54) is 19.4 Å². The zero-order chi connectivity index (χ0) is 30.7. The van der Waals surface area contributed by atoms with E-state index < -0.39 is 18.0 Å². The van der Waals surface area contributed by atoms with Gasteiger partial charge in [-0.25, -0.2) is 19.6 Å². The molecule has 0 aromatic carbocycles. The molecule has 0 aliphatic heterocycles. The third-order valence-corrected chi connectivity index (χ3v) is 7.05. The molecule has 0 bridgehead atoms. The fourth-order valence-corrected chi connectivity index (χ4v) is 5.01. The number of nitrogens with one attached hydrogen (secondary N) is 1. The van der Waals surface area contributed by atoms with Gasteiger partial charge in [0.05, 0.1) is 29.8 Å². The summed E-state index contributed by atoms with van der Waals surface area (Å²) in [6, 6.07) is 1.11. The van der Waals surface area contributed by atoms with Crippen molar-refractivity contribution in [2.75, 3.05) is 23.9 Å². The largest absolute Gasteiger partial charge is 0.375 e. The molecule has 1 amide bonds. The molecular weight excluding hydrogens is 564 g/mol. The molecule has 4 aromatic rings. The third-order valence-electron chi connectivity index (χ3n) is 7.05. The number of ether oxygens (including phenoxy) is 1. The normalized spacial score (nSPS) is 17.3. The highest BCUT2D eigenvalue weighted by Crippen LogP contribution is 2.31. The van der Waals surface area contributed by atoms with Gasteiger partial charge in [-0.2, -0.15) is 10.2 Å². The van der Waals surface area contributed by atoms with Gasteiger partial charge in [0.15, 0.2) is 5.82 Å². The van der Waals surface area contributed by atoms with Crippen molar-refractivity contribution in [2.45, 2.75) is 50.2 Å². The summed E-state index contributed by atoms with van der Waals surface area (Å²) in [7, 11) is 3.27. The van der Waals surface area contributed by atoms with Gasteiger partial charge in [0.2, 0.25) is 5.95 Å². The summed E-state index contributed by atoms with van der Waals surface area (Å²) in [6.45, 7) is -0.113. The maximum atomic E-state index is 13.1. The van der Waals surface area contributed by atoms with Gasteiger partial charge in [-0.3, -0.25) is 19.4 Å². The predicted octanol–water partition coefficient (Wildman–Crippen LogP) is -0.539. The van der Waals surface area contributed by atoms with Crippen LogP contribution in [0.5, 0.6) is 0 Å². The molecule has 228 valence electrons. The monoisotopic (exact) mass is 596 g/mol. The molecule has 0 saturated heterocycles. The first-order chi connectivity index (χ1) is 20.5. The molecular formula is C26H32N10O7. The van der Waals surface area contributed by atoms with Gasteiger partial charge < -0.3 is 35.6 Å². The summed E-state index contributed by atoms with van der Waals surface area (Å²) < 4.78 is 7.61. The number of anilines is 2. The van der Waals surface area contributed by atoms with E-state index in [9.17, 15) is 30.3 Å². The second-order valence-electron chi connectivity index (χ2n) is 10.1. The molecule has 0 atom stereocenters. The molecule has 17 nitrogen and oxygen atoms in total. The number of methoxy groups -OCH3 is 1. The average molecular weight is 597 g/mol. The molecule has 0 radical (unpaired) electrons. The Kier molecular flexibility index (Phi) is 8.71. The maximum Gasteiger partial charge on any atom is 0.308 e. The van der Waals surface area contributed by atoms with Crippen LogP contribution in [0.1, 0.15) is 37.7 Å². The van der Waals surface area contributed by atoms with Crippen molar-refractivity contribution >= 4 is 17.7 Å². The minimum absolute atomic E-state index is 0.0433. The molecule has 5 rings (SSSR count). The highest BCUT2D eigenvalue weighted by molar-refractivity contribution is 5.94. The predicted molar refractivity (Wildman–Crippen MR) is 148 cm³/mol. The van der Waals surface area contributed by atoms with Crippen LogP contribution in [-0.4, -0.2) is 96.7 Å². The number of aromatic nitrogens is 8. The minimum atomic E-state index is -3.26. The summed E-state index contributed by atoms with van der Waals surface area (Å²) in [5.74, 6) is -2.94. The fraction of sp³-hybridized carbons (Fsp3) is 0.423. The molecule has 4 heterocycles. The van der Waals surface area contributed by atoms with E-state index >= 15 is 0 Å². The Balaban J connectivity index is 1.30. The lowest BCUT2D eigenvalue weighted by Gasteiger charge is -2.36. The third kappa shape index (κ3) is 6.82. The zero-order valence-electron chi connectivity index (χ0n) is 23.4. The first-order valence-corrected chi connectivity index (χ1v) is 13.4. The first kappa shape index (κ1) is 30.1. The molecule has 17 heteroatoms. The number of amides is 1. The Bertz CT molecular complexity index is 1540. The van der Waals surface area contributed by atoms with Crippen molar-refractivity contribution in [3.63, 3.8) is 0 Å². The van der Waals surface area contributed by atoms with Crippen LogP contribution in [0.2, 0.25) is 0 Å². The first-order valence-electron chi connectivity index (χ1n) is 13.4. The van der Waals surface area contributed by atoms with Crippen molar-refractivity contribution in [2.24, 2.45) is 7.05 Å². The second kappa shape index (κ2) is 12.5. The van der Waals surface area contributed by atoms with E-state index in [2.05, 4.69) is 35.5 Å². The summed E-state index contributed by atoms with van der Waals surface area (Å²) in [5.41, 5.74) is 0.921. The fourth-order valence-electron chi connectivity index (χ4n) is 5.01. The lowest BCUT2D eigenvalue weighted by atomic mass is 9.90. The van der Waals surface area contributed by atoms with Gasteiger partial charge in [0, 0.05) is 50.4 Å². The minimum Gasteiger partial charge on any atom is -0.375 e. The topological polar surface area (TPSA) is 230 Å². The summed E-state index contributed by atoms with van der Waals surface area (Å²) >= 11 is 0. The van der Waals surface area contributed by atoms with Crippen molar-refractivity contribution in [3.8, 4) is 22.6 Å². The zero-order valence-corrected chi connectivity index (χ0v) is 23.4. The van der Waals surface area contributed by atoms with Crippen LogP contribution < -0.4 is 10.2 Å². The van der Waals surface area contributed by atoms with Crippen molar-refractivity contribution < 1.29 is 35.1 Å². The highest BCUT2D eigenvalue weighted by Gasteiger charge is 2.33. The molecule has 1 fully saturated rings. The Labute approximate surface area is 245 Å². The van der Waals surface area contributed by atoms with Gasteiger partial charge in [-0.05, 0) is 31.7 Å². The molecule has 0 unspecified atom stereocenters. The number of nitrogens with zero attached hydrogens (tertiary/aromatic N) is 9. The Hall–Kier alpha value is -4.39. The van der Waals surface area contributed by atoms with Crippen LogP contribution in [-0.2, 0) is 22.6 Å². The summed E-state index contributed by atoms with van der Waals surface area (Å²) in [6.07, 6.45) is 9.58. The smallest absolute Gasteiger partial charge is 0.308 e. The Morgan fingerprint density at radius 1 is 1.09 bits per heavy atom. The van der Waals surface area contributed by atoms with E-state index in [1.54, 1.807) is 28.2 Å². The number of aliphatic hydroxyl groups excluding tert-OH is 1. The van der Waals surface area contributed by atoms with Crippen LogP contribution in [0.15, 0.2) is 43.2 Å². The molecule has 1 saturated carbocycles. The number of aryl methyl sites for hydroxylation is 1. The number of rotatable bonds is 10. The molecule has 4 aromatic heterocycles. The van der Waals surface area contributed by atoms with Crippen LogP contribution in [0, 0.1) is 0 Å². The SMILES string of the molecule is COCC(=O)N(c1cnc(-c2cnn(C)c2)cn1)[C@H]1CC[C@H](Nc2ncc(C(O)(O)O)c(-c3ccn(C(O)O)n3)n2)CC1. The van der Waals surface area contributed by atoms with Gasteiger partial charge in [-0.1, -0.05) is 0 Å². The molecule has 1 aliphatic rings. The lowest BCUT2D eigenvalue weighted by Crippen LogP contribution is -2.46. The highest BCUT2D eigenvalue weighted by atomic mass is 16.7. The molecule has 6 N–H and O–H groups in total. The molecule has 1 aliphatic carbocycles. The van der Waals surface area contributed by atoms with E-state index in [-0.39, 0.29) is 41.9 Å². The van der Waals surface area contributed by atoms with E-state index in [4.69, 9.17) is 4.74 Å². The number of hydrogen-bond acceptors (Lipinski definition) is 14. The van der Waals surface area contributed by atoms with E-state index in [0.717, 1.165) is 16.4 Å². The maximum absolute atomic E-state index is 13.1. The van der Waals surface area contributed by atoms with Crippen LogP contribution >= 0.6 is 0 Å². The lowest BCUT2D eigenvalue weighted by molar-refractivity contribution is -0.323. The van der Waals surface area contributed by atoms with Gasteiger partial charge in [0.1, 0.15) is 18.0 Å². The standard InChI is InChI=1S/C26H32N10O7/c1-34-13-15(9-30-34)20-11-28-21(12-27-20)36(22(37)14-43-2)17-5-3-16(4-6-17)31-24-29-10-18(26(40,41)42)23(32-24)19-7-8-35(33-19)25(38)39/h7-13,16-17,25,38-42H,3-6,14H2,1-2H3,(H,29,31,32)/t16-,17-. The second-order valence-corrected chi connectivity index (χ2v) is 10.1. The van der Waals surface area contributed by atoms with Crippen LogP contribution in [0.4, 0.5) is 11.8 Å². The van der Waals surface area contributed by atoms with Crippen molar-refractivity contribution in [1.82, 2.24) is 39.5 Å².